The minimum atomic E-state index is -0.349. The van der Waals surface area contributed by atoms with Crippen LogP contribution in [-0.4, -0.2) is 85.6 Å². The van der Waals surface area contributed by atoms with E-state index in [1.54, 1.807) is 46.1 Å². The predicted molar refractivity (Wildman–Crippen MR) is 116 cm³/mol. The normalized spacial score (nSPS) is 21.2. The van der Waals surface area contributed by atoms with Gasteiger partial charge in [0.05, 0.1) is 31.6 Å². The van der Waals surface area contributed by atoms with Crippen molar-refractivity contribution in [2.45, 2.75) is 52.0 Å². The van der Waals surface area contributed by atoms with Gasteiger partial charge in [-0.25, -0.2) is 0 Å². The third-order valence-corrected chi connectivity index (χ3v) is 5.77. The second-order valence-electron chi connectivity index (χ2n) is 8.40. The van der Waals surface area contributed by atoms with Gasteiger partial charge in [0, 0.05) is 57.0 Å². The van der Waals surface area contributed by atoms with Crippen LogP contribution in [0.25, 0.3) is 0 Å². The Bertz CT molecular complexity index is 890. The lowest BCUT2D eigenvalue weighted by molar-refractivity contribution is -0.136. The van der Waals surface area contributed by atoms with Crippen LogP contribution in [0.2, 0.25) is 0 Å². The SMILES string of the molecule is C[C@H](CO)N1C[C@H](C)[C@@H](CN(C)C(=O)c2ccncc2)OCc2cn(nn2)CCCC1=O. The highest BCUT2D eigenvalue weighted by atomic mass is 16.5. The van der Waals surface area contributed by atoms with Gasteiger partial charge in [0.15, 0.2) is 0 Å². The molecule has 2 aromatic heterocycles. The van der Waals surface area contributed by atoms with Crippen LogP contribution in [-0.2, 0) is 22.7 Å². The van der Waals surface area contributed by atoms with Crippen molar-refractivity contribution in [3.05, 3.63) is 42.0 Å². The van der Waals surface area contributed by atoms with Crippen LogP contribution < -0.4 is 0 Å². The van der Waals surface area contributed by atoms with Crippen LogP contribution >= 0.6 is 0 Å². The number of likely N-dealkylation sites (N-methyl/N-ethyl adjacent to an activating group) is 1. The molecule has 10 heteroatoms. The molecule has 1 aliphatic heterocycles. The van der Waals surface area contributed by atoms with Gasteiger partial charge in [0.25, 0.3) is 5.91 Å². The standard InChI is InChI=1S/C22H32N6O4/c1-16-11-28(17(2)14-29)21(30)5-4-10-27-12-19(24-25-27)15-32-20(16)13-26(3)22(31)18-6-8-23-9-7-18/h6-9,12,16-17,20,29H,4-5,10-11,13-15H2,1-3H3/t16-,17+,20+/m0/s1. The van der Waals surface area contributed by atoms with Gasteiger partial charge < -0.3 is 19.6 Å². The van der Waals surface area contributed by atoms with Crippen molar-refractivity contribution < 1.29 is 19.4 Å². The molecule has 2 aromatic rings. The number of aliphatic hydroxyl groups excluding tert-OH is 1. The molecular weight excluding hydrogens is 412 g/mol. The molecule has 174 valence electrons. The number of aryl methyl sites for hydroxylation is 1. The van der Waals surface area contributed by atoms with E-state index >= 15 is 0 Å². The number of carbonyl (C=O) groups excluding carboxylic acids is 2. The van der Waals surface area contributed by atoms with Crippen LogP contribution in [0.3, 0.4) is 0 Å². The number of ether oxygens (including phenoxy) is 1. The molecule has 0 aromatic carbocycles. The highest BCUT2D eigenvalue weighted by molar-refractivity contribution is 5.93. The largest absolute Gasteiger partial charge is 0.394 e. The van der Waals surface area contributed by atoms with Crippen LogP contribution in [0, 0.1) is 5.92 Å². The molecule has 0 saturated carbocycles. The summed E-state index contributed by atoms with van der Waals surface area (Å²) in [5, 5.41) is 18.0. The predicted octanol–water partition coefficient (Wildman–Crippen LogP) is 0.970. The van der Waals surface area contributed by atoms with Crippen molar-refractivity contribution in [1.82, 2.24) is 29.8 Å². The monoisotopic (exact) mass is 444 g/mol. The minimum Gasteiger partial charge on any atom is -0.394 e. The molecule has 0 spiro atoms. The molecule has 3 rings (SSSR count). The Kier molecular flexibility index (Phi) is 8.29. The van der Waals surface area contributed by atoms with Gasteiger partial charge in [-0.05, 0) is 25.5 Å². The zero-order valence-corrected chi connectivity index (χ0v) is 18.9. The van der Waals surface area contributed by atoms with E-state index in [1.165, 1.54) is 0 Å². The maximum absolute atomic E-state index is 12.9. The highest BCUT2D eigenvalue weighted by Crippen LogP contribution is 2.18. The molecule has 3 heterocycles. The molecular formula is C22H32N6O4. The molecule has 0 fully saturated rings. The Balaban J connectivity index is 1.80. The smallest absolute Gasteiger partial charge is 0.253 e. The second-order valence-corrected chi connectivity index (χ2v) is 8.40. The Labute approximate surface area is 188 Å². The average Bonchev–Trinajstić information content (AvgIpc) is 3.26. The summed E-state index contributed by atoms with van der Waals surface area (Å²) in [6.45, 7) is 5.32. The summed E-state index contributed by atoms with van der Waals surface area (Å²) in [5.41, 5.74) is 1.25. The Morgan fingerprint density at radius 1 is 1.38 bits per heavy atom. The lowest BCUT2D eigenvalue weighted by atomic mass is 10.0. The van der Waals surface area contributed by atoms with E-state index in [0.717, 1.165) is 0 Å². The van der Waals surface area contributed by atoms with Crippen molar-refractivity contribution in [3.8, 4) is 0 Å². The molecule has 0 saturated heterocycles. The summed E-state index contributed by atoms with van der Waals surface area (Å²) >= 11 is 0. The number of amides is 2. The first kappa shape index (κ1) is 23.8. The maximum atomic E-state index is 12.9. The highest BCUT2D eigenvalue weighted by Gasteiger charge is 2.29. The Morgan fingerprint density at radius 2 is 2.12 bits per heavy atom. The lowest BCUT2D eigenvalue weighted by Crippen LogP contribution is -2.47. The number of rotatable bonds is 5. The molecule has 1 aliphatic rings. The summed E-state index contributed by atoms with van der Waals surface area (Å²) in [6.07, 6.45) is 5.64. The number of hydrogen-bond donors (Lipinski definition) is 1. The number of nitrogens with zero attached hydrogens (tertiary/aromatic N) is 6. The molecule has 32 heavy (non-hydrogen) atoms. The van der Waals surface area contributed by atoms with Crippen molar-refractivity contribution >= 4 is 11.8 Å². The van der Waals surface area contributed by atoms with Crippen molar-refractivity contribution in [1.29, 1.82) is 0 Å². The quantitative estimate of drug-likeness (QED) is 0.731. The Morgan fingerprint density at radius 3 is 2.84 bits per heavy atom. The Hall–Kier alpha value is -2.85. The van der Waals surface area contributed by atoms with E-state index < -0.39 is 0 Å². The fourth-order valence-corrected chi connectivity index (χ4v) is 3.76. The average molecular weight is 445 g/mol. The number of carbonyl (C=O) groups is 2. The van der Waals surface area contributed by atoms with E-state index in [2.05, 4.69) is 15.3 Å². The minimum absolute atomic E-state index is 0.0158. The zero-order chi connectivity index (χ0) is 23.1. The zero-order valence-electron chi connectivity index (χ0n) is 18.9. The third kappa shape index (κ3) is 6.10. The van der Waals surface area contributed by atoms with Crippen LogP contribution in [0.1, 0.15) is 42.7 Å². The molecule has 10 nitrogen and oxygen atoms in total. The number of fused-ring (bicyclic) bond motifs is 2. The van der Waals surface area contributed by atoms with Crippen LogP contribution in [0.15, 0.2) is 30.7 Å². The van der Waals surface area contributed by atoms with Gasteiger partial charge in [-0.3, -0.25) is 19.3 Å². The van der Waals surface area contributed by atoms with Crippen molar-refractivity contribution in [3.63, 3.8) is 0 Å². The lowest BCUT2D eigenvalue weighted by Gasteiger charge is -2.35. The summed E-state index contributed by atoms with van der Waals surface area (Å²) in [4.78, 5) is 33.0. The summed E-state index contributed by atoms with van der Waals surface area (Å²) in [7, 11) is 1.73. The van der Waals surface area contributed by atoms with E-state index in [9.17, 15) is 14.7 Å². The van der Waals surface area contributed by atoms with Crippen LogP contribution in [0.4, 0.5) is 0 Å². The van der Waals surface area contributed by atoms with Crippen LogP contribution in [0.5, 0.6) is 0 Å². The summed E-state index contributed by atoms with van der Waals surface area (Å²) in [5.74, 6) is -0.233. The van der Waals surface area contributed by atoms with Gasteiger partial charge in [0.2, 0.25) is 5.91 Å². The summed E-state index contributed by atoms with van der Waals surface area (Å²) < 4.78 is 7.91. The first-order valence-electron chi connectivity index (χ1n) is 11.0. The topological polar surface area (TPSA) is 114 Å². The first-order valence-corrected chi connectivity index (χ1v) is 11.0. The first-order chi connectivity index (χ1) is 15.4. The summed E-state index contributed by atoms with van der Waals surface area (Å²) in [6, 6.07) is 3.05. The number of aliphatic hydroxyl groups is 1. The molecule has 2 bridgehead atoms. The van der Waals surface area contributed by atoms with Gasteiger partial charge in [0.1, 0.15) is 5.69 Å². The van der Waals surface area contributed by atoms with E-state index in [-0.39, 0.29) is 43.1 Å². The number of pyridine rings is 1. The molecule has 2 amide bonds. The molecule has 3 atom stereocenters. The van der Waals surface area contributed by atoms with Gasteiger partial charge in [-0.1, -0.05) is 12.1 Å². The maximum Gasteiger partial charge on any atom is 0.253 e. The van der Waals surface area contributed by atoms with Crippen molar-refractivity contribution in [2.75, 3.05) is 26.7 Å². The molecule has 0 radical (unpaired) electrons. The van der Waals surface area contributed by atoms with E-state index in [4.69, 9.17) is 4.74 Å². The fourth-order valence-electron chi connectivity index (χ4n) is 3.76. The number of aromatic nitrogens is 4. The van der Waals surface area contributed by atoms with E-state index in [0.29, 0.717) is 43.7 Å². The van der Waals surface area contributed by atoms with Gasteiger partial charge >= 0.3 is 0 Å². The third-order valence-electron chi connectivity index (χ3n) is 5.77. The fraction of sp³-hybridized carbons (Fsp3) is 0.591. The number of hydrogen-bond acceptors (Lipinski definition) is 7. The second kappa shape index (κ2) is 11.1. The molecule has 0 unspecified atom stereocenters. The van der Waals surface area contributed by atoms with Crippen molar-refractivity contribution in [2.24, 2.45) is 5.92 Å². The molecule has 1 N–H and O–H groups in total. The van der Waals surface area contributed by atoms with E-state index in [1.807, 2.05) is 20.0 Å². The van der Waals surface area contributed by atoms with Gasteiger partial charge in [-0.15, -0.1) is 5.10 Å². The van der Waals surface area contributed by atoms with Gasteiger partial charge in [-0.2, -0.15) is 0 Å². The molecule has 0 aliphatic carbocycles.